The van der Waals surface area contributed by atoms with E-state index < -0.39 is 5.97 Å². The molecule has 4 nitrogen and oxygen atoms in total. The van der Waals surface area contributed by atoms with E-state index in [1.807, 2.05) is 13.8 Å². The topological polar surface area (TPSA) is 52.6 Å². The zero-order valence-corrected chi connectivity index (χ0v) is 17.8. The lowest BCUT2D eigenvalue weighted by Gasteiger charge is -2.21. The molecule has 1 aliphatic heterocycles. The predicted octanol–water partition coefficient (Wildman–Crippen LogP) is 5.34. The third-order valence-electron chi connectivity index (χ3n) is 5.71. The Morgan fingerprint density at radius 2 is 1.89 bits per heavy atom. The summed E-state index contributed by atoms with van der Waals surface area (Å²) >= 11 is 6.30. The van der Waals surface area contributed by atoms with Crippen LogP contribution in [0.4, 0.5) is 5.69 Å². The van der Waals surface area contributed by atoms with Crippen LogP contribution in [0, 0.1) is 26.7 Å². The monoisotopic (exact) mass is 400 g/mol. The average molecular weight is 401 g/mol. The third kappa shape index (κ3) is 4.68. The van der Waals surface area contributed by atoms with Crippen molar-refractivity contribution < 1.29 is 9.90 Å². The van der Waals surface area contributed by atoms with E-state index in [0.717, 1.165) is 41.3 Å². The second-order valence-electron chi connectivity index (χ2n) is 8.03. The number of halogens is 1. The number of benzene rings is 2. The lowest BCUT2D eigenvalue weighted by Crippen LogP contribution is -2.23. The molecule has 5 heteroatoms. The van der Waals surface area contributed by atoms with Gasteiger partial charge in [-0.05, 0) is 80.6 Å². The number of aryl methyl sites for hydroxylation is 3. The summed E-state index contributed by atoms with van der Waals surface area (Å²) in [5.74, 6) is -0.921. The quantitative estimate of drug-likeness (QED) is 0.686. The van der Waals surface area contributed by atoms with Crippen molar-refractivity contribution in [1.29, 1.82) is 0 Å². The fourth-order valence-corrected chi connectivity index (χ4v) is 4.02. The number of likely N-dealkylation sites (tertiary alicyclic amines) is 1. The number of carbonyl (C=O) groups is 1. The average Bonchev–Trinajstić information content (AvgIpc) is 3.11. The van der Waals surface area contributed by atoms with E-state index in [2.05, 4.69) is 54.4 Å². The molecule has 0 bridgehead atoms. The summed E-state index contributed by atoms with van der Waals surface area (Å²) in [6, 6.07) is 10.9. The normalized spacial score (nSPS) is 18.2. The number of nitrogens with zero attached hydrogens (tertiary/aromatic N) is 1. The van der Waals surface area contributed by atoms with Crippen molar-refractivity contribution in [1.82, 2.24) is 4.90 Å². The molecule has 2 N–H and O–H groups in total. The summed E-state index contributed by atoms with van der Waals surface area (Å²) in [6.07, 6.45) is 0.735. The molecular weight excluding hydrogens is 372 g/mol. The zero-order valence-electron chi connectivity index (χ0n) is 17.1. The van der Waals surface area contributed by atoms with Crippen LogP contribution in [0.15, 0.2) is 30.3 Å². The van der Waals surface area contributed by atoms with Crippen LogP contribution in [0.5, 0.6) is 0 Å². The van der Waals surface area contributed by atoms with Crippen molar-refractivity contribution in [3.8, 4) is 0 Å². The molecule has 0 aliphatic carbocycles. The highest BCUT2D eigenvalue weighted by Crippen LogP contribution is 2.28. The van der Waals surface area contributed by atoms with E-state index >= 15 is 0 Å². The molecule has 1 fully saturated rings. The number of hydrogen-bond donors (Lipinski definition) is 2. The third-order valence-corrected chi connectivity index (χ3v) is 6.30. The maximum atomic E-state index is 11.2. The van der Waals surface area contributed by atoms with Crippen molar-refractivity contribution in [2.24, 2.45) is 5.92 Å². The van der Waals surface area contributed by atoms with Gasteiger partial charge >= 0.3 is 5.97 Å². The maximum Gasteiger partial charge on any atom is 0.307 e. The minimum atomic E-state index is -0.683. The van der Waals surface area contributed by atoms with Gasteiger partial charge in [0.05, 0.1) is 5.92 Å². The van der Waals surface area contributed by atoms with Crippen molar-refractivity contribution >= 4 is 23.3 Å². The number of nitrogens with one attached hydrogen (secondary N) is 1. The molecule has 28 heavy (non-hydrogen) atoms. The van der Waals surface area contributed by atoms with Gasteiger partial charge in [0, 0.05) is 29.8 Å². The van der Waals surface area contributed by atoms with E-state index in [-0.39, 0.29) is 12.0 Å². The Hall–Kier alpha value is -2.04. The molecule has 1 heterocycles. The van der Waals surface area contributed by atoms with Crippen LogP contribution < -0.4 is 5.32 Å². The van der Waals surface area contributed by atoms with Crippen LogP contribution in [-0.4, -0.2) is 29.1 Å². The first-order chi connectivity index (χ1) is 13.2. The first-order valence-electron chi connectivity index (χ1n) is 9.82. The molecule has 2 aromatic carbocycles. The van der Waals surface area contributed by atoms with Crippen LogP contribution in [0.1, 0.15) is 47.2 Å². The highest BCUT2D eigenvalue weighted by Gasteiger charge is 2.28. The Morgan fingerprint density at radius 3 is 2.50 bits per heavy atom. The number of carboxylic acid groups (broad SMARTS) is 1. The molecule has 150 valence electrons. The molecule has 2 atom stereocenters. The first-order valence-corrected chi connectivity index (χ1v) is 10.2. The Balaban J connectivity index is 1.72. The second-order valence-corrected chi connectivity index (χ2v) is 8.41. The summed E-state index contributed by atoms with van der Waals surface area (Å²) in [6.45, 7) is 10.6. The highest BCUT2D eigenvalue weighted by atomic mass is 35.5. The fraction of sp³-hybridized carbons (Fsp3) is 0.435. The highest BCUT2D eigenvalue weighted by molar-refractivity contribution is 6.32. The van der Waals surface area contributed by atoms with Crippen LogP contribution in [-0.2, 0) is 11.3 Å². The standard InChI is InChI=1S/C23H29ClN2O2/c1-14-5-6-21(11-20(14)13-26-8-7-18(12-26)23(27)28)25-17(4)19-9-15(2)22(24)16(3)10-19/h5-6,9-11,17-18,25H,7-8,12-13H2,1-4H3,(H,27,28). The van der Waals surface area contributed by atoms with Gasteiger partial charge in [-0.2, -0.15) is 0 Å². The molecule has 2 unspecified atom stereocenters. The van der Waals surface area contributed by atoms with Gasteiger partial charge in [-0.3, -0.25) is 9.69 Å². The van der Waals surface area contributed by atoms with Crippen molar-refractivity contribution in [2.75, 3.05) is 18.4 Å². The largest absolute Gasteiger partial charge is 0.481 e. The van der Waals surface area contributed by atoms with Crippen LogP contribution in [0.25, 0.3) is 0 Å². The van der Waals surface area contributed by atoms with Crippen LogP contribution in [0.2, 0.25) is 5.02 Å². The Labute approximate surface area is 172 Å². The van der Waals surface area contributed by atoms with Gasteiger partial charge in [-0.25, -0.2) is 0 Å². The Bertz CT molecular complexity index is 858. The van der Waals surface area contributed by atoms with Crippen molar-refractivity contribution in [3.63, 3.8) is 0 Å². The molecule has 0 saturated carbocycles. The van der Waals surface area contributed by atoms with E-state index in [1.54, 1.807) is 0 Å². The van der Waals surface area contributed by atoms with Gasteiger partial charge in [0.1, 0.15) is 0 Å². The maximum absolute atomic E-state index is 11.2. The minimum absolute atomic E-state index is 0.161. The van der Waals surface area contributed by atoms with Gasteiger partial charge in [-0.15, -0.1) is 0 Å². The van der Waals surface area contributed by atoms with E-state index in [1.165, 1.54) is 16.7 Å². The Morgan fingerprint density at radius 1 is 1.21 bits per heavy atom. The molecular formula is C23H29ClN2O2. The summed E-state index contributed by atoms with van der Waals surface area (Å²) in [5.41, 5.74) is 6.95. The van der Waals surface area contributed by atoms with Crippen molar-refractivity contribution in [2.45, 2.75) is 46.7 Å². The summed E-state index contributed by atoms with van der Waals surface area (Å²) in [4.78, 5) is 13.4. The zero-order chi connectivity index (χ0) is 20.4. The van der Waals surface area contributed by atoms with E-state index in [0.29, 0.717) is 6.54 Å². The summed E-state index contributed by atoms with van der Waals surface area (Å²) < 4.78 is 0. The minimum Gasteiger partial charge on any atom is -0.481 e. The molecule has 0 aromatic heterocycles. The Kier molecular flexibility index (Phi) is 6.31. The molecule has 1 saturated heterocycles. The smallest absolute Gasteiger partial charge is 0.307 e. The second kappa shape index (κ2) is 8.54. The number of carboxylic acids is 1. The first kappa shape index (κ1) is 20.7. The number of anilines is 1. The SMILES string of the molecule is Cc1ccc(NC(C)c2cc(C)c(Cl)c(C)c2)cc1CN1CCC(C(=O)O)C1. The molecule has 0 radical (unpaired) electrons. The van der Waals surface area contributed by atoms with Gasteiger partial charge < -0.3 is 10.4 Å². The van der Waals surface area contributed by atoms with E-state index in [9.17, 15) is 9.90 Å². The van der Waals surface area contributed by atoms with Crippen molar-refractivity contribution in [3.05, 3.63) is 63.2 Å². The summed E-state index contributed by atoms with van der Waals surface area (Å²) in [7, 11) is 0. The predicted molar refractivity (Wildman–Crippen MR) is 115 cm³/mol. The van der Waals surface area contributed by atoms with Crippen LogP contribution in [0.3, 0.4) is 0 Å². The lowest BCUT2D eigenvalue weighted by atomic mass is 10.0. The molecule has 2 aromatic rings. The molecule has 1 aliphatic rings. The van der Waals surface area contributed by atoms with Gasteiger partial charge in [-0.1, -0.05) is 29.8 Å². The van der Waals surface area contributed by atoms with Gasteiger partial charge in [0.15, 0.2) is 0 Å². The number of rotatable bonds is 6. The van der Waals surface area contributed by atoms with E-state index in [4.69, 9.17) is 11.6 Å². The molecule has 0 amide bonds. The number of hydrogen-bond acceptors (Lipinski definition) is 3. The lowest BCUT2D eigenvalue weighted by molar-refractivity contribution is -0.141. The molecule has 0 spiro atoms. The number of aliphatic carboxylic acids is 1. The van der Waals surface area contributed by atoms with Crippen LogP contribution >= 0.6 is 11.6 Å². The van der Waals surface area contributed by atoms with Gasteiger partial charge in [0.2, 0.25) is 0 Å². The fourth-order valence-electron chi connectivity index (χ4n) is 3.91. The molecule has 3 rings (SSSR count). The summed E-state index contributed by atoms with van der Waals surface area (Å²) in [5, 5.41) is 13.6. The van der Waals surface area contributed by atoms with Gasteiger partial charge in [0.25, 0.3) is 0 Å².